The molecule has 404 valence electrons. The number of thiophene rings is 2. The van der Waals surface area contributed by atoms with E-state index >= 15 is 0 Å². The summed E-state index contributed by atoms with van der Waals surface area (Å²) in [6.45, 7) is 0. The molecule has 0 aliphatic rings. The molecule has 17 rings (SSSR count). The van der Waals surface area contributed by atoms with Crippen molar-refractivity contribution < 1.29 is 4.42 Å². The molecule has 0 saturated heterocycles. The zero-order valence-electron chi connectivity index (χ0n) is 46.5. The Morgan fingerprint density at radius 2 is 0.593 bits per heavy atom. The molecule has 0 aliphatic carbocycles. The number of fused-ring (bicyclic) bond motifs is 11. The lowest BCUT2D eigenvalue weighted by Crippen LogP contribution is -2.16. The van der Waals surface area contributed by atoms with Crippen molar-refractivity contribution in [2.45, 2.75) is 0 Å². The van der Waals surface area contributed by atoms with Gasteiger partial charge in [-0.15, -0.1) is 22.7 Å². The fourth-order valence-corrected chi connectivity index (χ4v) is 15.1. The minimum Gasteiger partial charge on any atom is -0.454 e. The largest absolute Gasteiger partial charge is 0.454 e. The molecule has 0 fully saturated rings. The third-order valence-corrected chi connectivity index (χ3v) is 19.3. The van der Waals surface area contributed by atoms with E-state index in [1.807, 2.05) is 28.7 Å². The van der Waals surface area contributed by atoms with Crippen LogP contribution < -0.4 is 14.7 Å². The SMILES string of the molecule is c1ccc(N(c2cc(N(c3ccc(-c4ccc5sc6ccccc6c5c4)cc3)c3cccc4ccccc34)cc(N(c3ccc(-c4ccc5sc6ccccc6c5c4)cc3)c3cccc4ccccc34)c2)c2cccc3c2oc2ccccc23)cc1. The summed E-state index contributed by atoms with van der Waals surface area (Å²) < 4.78 is 12.2. The van der Waals surface area contributed by atoms with Crippen LogP contribution in [0.1, 0.15) is 0 Å². The summed E-state index contributed by atoms with van der Waals surface area (Å²) in [5.74, 6) is 0. The topological polar surface area (TPSA) is 22.9 Å². The van der Waals surface area contributed by atoms with Crippen molar-refractivity contribution in [2.75, 3.05) is 14.7 Å². The molecule has 0 saturated carbocycles. The Kier molecular flexibility index (Phi) is 11.9. The van der Waals surface area contributed by atoms with Crippen molar-refractivity contribution in [3.63, 3.8) is 0 Å². The molecule has 4 nitrogen and oxygen atoms in total. The van der Waals surface area contributed by atoms with Crippen molar-refractivity contribution in [3.05, 3.63) is 309 Å². The first-order chi connectivity index (χ1) is 42.6. The second-order valence-corrected chi connectivity index (χ2v) is 24.2. The van der Waals surface area contributed by atoms with E-state index in [1.165, 1.54) is 51.5 Å². The van der Waals surface area contributed by atoms with E-state index in [4.69, 9.17) is 4.42 Å². The van der Waals surface area contributed by atoms with Crippen LogP contribution in [-0.4, -0.2) is 0 Å². The summed E-state index contributed by atoms with van der Waals surface area (Å²) in [4.78, 5) is 7.28. The first-order valence-corrected chi connectivity index (χ1v) is 30.8. The Morgan fingerprint density at radius 3 is 1.13 bits per heavy atom. The van der Waals surface area contributed by atoms with Gasteiger partial charge in [-0.2, -0.15) is 0 Å². The maximum absolute atomic E-state index is 6.95. The van der Waals surface area contributed by atoms with Gasteiger partial charge >= 0.3 is 0 Å². The van der Waals surface area contributed by atoms with Gasteiger partial charge in [0.05, 0.1) is 34.1 Å². The standard InChI is InChI=1S/C80H51N3OS2/c1-2-21-58(22-3-1)83(74-31-16-28-69-66-25-8-11-32-75(66)84-80(69)74)63-50-61(81(72-29-14-19-54-17-4-6-23-64(54)72)59-41-35-52(36-42-59)56-39-45-78-70(47-56)67-26-9-12-33-76(67)85-78)49-62(51-63)82(73-30-15-20-55-18-5-7-24-65(55)73)60-43-37-53(38-44-60)57-40-46-79-71(48-57)68-27-10-13-34-77(68)86-79/h1-51H. The van der Waals surface area contributed by atoms with Crippen LogP contribution in [0.5, 0.6) is 0 Å². The maximum Gasteiger partial charge on any atom is 0.159 e. The van der Waals surface area contributed by atoms with Crippen molar-refractivity contribution in [1.29, 1.82) is 0 Å². The van der Waals surface area contributed by atoms with Gasteiger partial charge in [0, 0.05) is 79.0 Å². The Hall–Kier alpha value is -10.8. The quantitative estimate of drug-likeness (QED) is 0.129. The smallest absolute Gasteiger partial charge is 0.159 e. The van der Waals surface area contributed by atoms with Gasteiger partial charge in [-0.05, 0) is 148 Å². The number of anilines is 9. The molecule has 0 bridgehead atoms. The number of hydrogen-bond acceptors (Lipinski definition) is 6. The Labute approximate surface area is 505 Å². The molecular weight excluding hydrogens is 1080 g/mol. The number of benzene rings is 14. The Bertz CT molecular complexity index is 5180. The summed E-state index contributed by atoms with van der Waals surface area (Å²) in [5.41, 5.74) is 15.3. The van der Waals surface area contributed by atoms with Crippen LogP contribution in [0, 0.1) is 0 Å². The van der Waals surface area contributed by atoms with E-state index in [-0.39, 0.29) is 0 Å². The van der Waals surface area contributed by atoms with Crippen molar-refractivity contribution >= 4 is 158 Å². The normalized spacial score (nSPS) is 11.7. The Morgan fingerprint density at radius 1 is 0.221 bits per heavy atom. The molecular formula is C80H51N3OS2. The molecule has 0 aliphatic heterocycles. The first-order valence-electron chi connectivity index (χ1n) is 29.1. The summed E-state index contributed by atoms with van der Waals surface area (Å²) in [6.07, 6.45) is 0. The van der Waals surface area contributed by atoms with Crippen LogP contribution in [0.4, 0.5) is 51.2 Å². The van der Waals surface area contributed by atoms with Crippen molar-refractivity contribution in [1.82, 2.24) is 0 Å². The van der Waals surface area contributed by atoms with Crippen molar-refractivity contribution in [2.24, 2.45) is 0 Å². The second-order valence-electron chi connectivity index (χ2n) is 22.0. The number of para-hydroxylation sites is 3. The summed E-state index contributed by atoms with van der Waals surface area (Å²) in [5, 5.41) is 11.9. The van der Waals surface area contributed by atoms with Crippen LogP contribution in [0.2, 0.25) is 0 Å². The molecule has 0 atom stereocenters. The highest BCUT2D eigenvalue weighted by Gasteiger charge is 2.26. The van der Waals surface area contributed by atoms with Gasteiger partial charge in [0.1, 0.15) is 5.58 Å². The highest BCUT2D eigenvalue weighted by molar-refractivity contribution is 7.26. The van der Waals surface area contributed by atoms with Gasteiger partial charge in [0.2, 0.25) is 0 Å². The number of hydrogen-bond donors (Lipinski definition) is 0. The first kappa shape index (κ1) is 49.8. The van der Waals surface area contributed by atoms with Crippen LogP contribution in [0.3, 0.4) is 0 Å². The summed E-state index contributed by atoms with van der Waals surface area (Å²) >= 11 is 3.70. The highest BCUT2D eigenvalue weighted by Crippen LogP contribution is 2.50. The van der Waals surface area contributed by atoms with Crippen LogP contribution in [0.15, 0.2) is 314 Å². The molecule has 0 amide bonds. The zero-order valence-corrected chi connectivity index (χ0v) is 48.1. The summed E-state index contributed by atoms with van der Waals surface area (Å²) in [7, 11) is 0. The van der Waals surface area contributed by atoms with Crippen LogP contribution >= 0.6 is 22.7 Å². The molecule has 86 heavy (non-hydrogen) atoms. The monoisotopic (exact) mass is 1130 g/mol. The second kappa shape index (κ2) is 20.5. The minimum atomic E-state index is 0.815. The zero-order chi connectivity index (χ0) is 56.7. The van der Waals surface area contributed by atoms with Gasteiger partial charge in [-0.1, -0.05) is 194 Å². The van der Waals surface area contributed by atoms with Crippen molar-refractivity contribution in [3.8, 4) is 22.3 Å². The van der Waals surface area contributed by atoms with Gasteiger partial charge in [0.15, 0.2) is 5.58 Å². The van der Waals surface area contributed by atoms with Crippen LogP contribution in [0.25, 0.3) is 106 Å². The van der Waals surface area contributed by atoms with E-state index in [9.17, 15) is 0 Å². The highest BCUT2D eigenvalue weighted by atomic mass is 32.1. The predicted octanol–water partition coefficient (Wildman–Crippen LogP) is 24.4. The lowest BCUT2D eigenvalue weighted by Gasteiger charge is -2.33. The van der Waals surface area contributed by atoms with E-state index in [2.05, 4.69) is 318 Å². The third kappa shape index (κ3) is 8.48. The fourth-order valence-electron chi connectivity index (χ4n) is 13.0. The molecule has 14 aromatic carbocycles. The number of nitrogens with zero attached hydrogens (tertiary/aromatic N) is 3. The molecule has 17 aromatic rings. The molecule has 3 aromatic heterocycles. The summed E-state index contributed by atoms with van der Waals surface area (Å²) in [6, 6.07) is 113. The average Bonchev–Trinajstić information content (AvgIpc) is 4.40. The lowest BCUT2D eigenvalue weighted by molar-refractivity contribution is 0.669. The Balaban J connectivity index is 0.914. The minimum absolute atomic E-state index is 0.815. The van der Waals surface area contributed by atoms with Crippen LogP contribution in [-0.2, 0) is 0 Å². The molecule has 0 spiro atoms. The molecule has 0 N–H and O–H groups in total. The molecule has 6 heteroatoms. The fraction of sp³-hybridized carbons (Fsp3) is 0. The predicted molar refractivity (Wildman–Crippen MR) is 369 cm³/mol. The van der Waals surface area contributed by atoms with Gasteiger partial charge < -0.3 is 19.1 Å². The van der Waals surface area contributed by atoms with E-state index < -0.39 is 0 Å². The van der Waals surface area contributed by atoms with Gasteiger partial charge in [-0.3, -0.25) is 0 Å². The average molecular weight is 1130 g/mol. The van der Waals surface area contributed by atoms with Gasteiger partial charge in [-0.25, -0.2) is 0 Å². The van der Waals surface area contributed by atoms with Gasteiger partial charge in [0.25, 0.3) is 0 Å². The molecule has 0 unspecified atom stereocenters. The number of furan rings is 1. The van der Waals surface area contributed by atoms with E-state index in [0.717, 1.165) is 106 Å². The maximum atomic E-state index is 6.95. The molecule has 0 radical (unpaired) electrons. The van der Waals surface area contributed by atoms with E-state index in [1.54, 1.807) is 0 Å². The lowest BCUT2D eigenvalue weighted by atomic mass is 10.0. The molecule has 3 heterocycles. The third-order valence-electron chi connectivity index (χ3n) is 17.0. The van der Waals surface area contributed by atoms with E-state index in [0.29, 0.717) is 0 Å². The number of rotatable bonds is 11.